The second-order valence-electron chi connectivity index (χ2n) is 7.17. The number of rotatable bonds is 2. The molecule has 0 spiro atoms. The molecule has 2 saturated heterocycles. The first-order chi connectivity index (χ1) is 9.66. The van der Waals surface area contributed by atoms with E-state index in [1.165, 1.54) is 0 Å². The molecule has 2 aliphatic heterocycles. The highest BCUT2D eigenvalue weighted by atomic mass is 32.2. The van der Waals surface area contributed by atoms with E-state index in [1.807, 2.05) is 0 Å². The molecule has 0 aromatic carbocycles. The number of hydrogen-bond donors (Lipinski definition) is 0. The lowest BCUT2D eigenvalue weighted by atomic mass is 9.86. The van der Waals surface area contributed by atoms with Gasteiger partial charge in [0.05, 0.1) is 22.5 Å². The molecule has 0 radical (unpaired) electrons. The summed E-state index contributed by atoms with van der Waals surface area (Å²) in [5.41, 5.74) is 0. The van der Waals surface area contributed by atoms with E-state index < -0.39 is 14.6 Å². The predicted octanol–water partition coefficient (Wildman–Crippen LogP) is 1.47. The molecule has 0 N–H and O–H groups in total. The van der Waals surface area contributed by atoms with Crippen molar-refractivity contribution in [3.05, 3.63) is 0 Å². The number of hydrogen-bond acceptors (Lipinski definition) is 4. The van der Waals surface area contributed by atoms with E-state index in [2.05, 4.69) is 13.8 Å². The zero-order chi connectivity index (χ0) is 15.8. The summed E-state index contributed by atoms with van der Waals surface area (Å²) in [5.74, 6) is 0.290. The van der Waals surface area contributed by atoms with Crippen molar-refractivity contribution >= 4 is 15.7 Å². The van der Waals surface area contributed by atoms with Crippen LogP contribution in [0, 0.1) is 11.8 Å². The molecule has 2 aliphatic rings. The molecule has 0 saturated carbocycles. The molecule has 2 atom stereocenters. The van der Waals surface area contributed by atoms with Crippen LogP contribution >= 0.6 is 0 Å². The zero-order valence-electron chi connectivity index (χ0n) is 13.5. The van der Waals surface area contributed by atoms with Gasteiger partial charge < -0.3 is 9.64 Å². The summed E-state index contributed by atoms with van der Waals surface area (Å²) in [7, 11) is -3.11. The van der Waals surface area contributed by atoms with Crippen LogP contribution in [-0.4, -0.2) is 55.5 Å². The number of sulfone groups is 1. The van der Waals surface area contributed by atoms with Gasteiger partial charge in [0, 0.05) is 19.7 Å². The number of ether oxygens (including phenoxy) is 1. The van der Waals surface area contributed by atoms with Crippen LogP contribution < -0.4 is 0 Å². The Balaban J connectivity index is 2.13. The van der Waals surface area contributed by atoms with Crippen LogP contribution in [0.5, 0.6) is 0 Å². The van der Waals surface area contributed by atoms with Gasteiger partial charge in [-0.1, -0.05) is 13.8 Å². The topological polar surface area (TPSA) is 63.7 Å². The second-order valence-corrected chi connectivity index (χ2v) is 9.91. The van der Waals surface area contributed by atoms with Crippen molar-refractivity contribution in [1.29, 1.82) is 0 Å². The summed E-state index contributed by atoms with van der Waals surface area (Å²) < 4.78 is 29.0. The molecule has 0 unspecified atom stereocenters. The van der Waals surface area contributed by atoms with Crippen LogP contribution in [0.25, 0.3) is 0 Å². The van der Waals surface area contributed by atoms with Gasteiger partial charge in [-0.2, -0.15) is 0 Å². The summed E-state index contributed by atoms with van der Waals surface area (Å²) in [6, 6.07) is 0. The lowest BCUT2D eigenvalue weighted by Gasteiger charge is -2.41. The summed E-state index contributed by atoms with van der Waals surface area (Å²) in [6.45, 7) is 8.87. The Morgan fingerprint density at radius 2 is 2.00 bits per heavy atom. The van der Waals surface area contributed by atoms with Gasteiger partial charge in [0.1, 0.15) is 0 Å². The molecule has 2 rings (SSSR count). The minimum atomic E-state index is -3.11. The molecule has 0 aliphatic carbocycles. The molecule has 0 aromatic rings. The third kappa shape index (κ3) is 3.26. The standard InChI is InChI=1S/C15H27NO4S/c1-11(2)13-12(6-5-8-20-13)14(17)16-7-9-21(18,19)15(3,4)10-16/h11-13H,5-10H2,1-4H3/t12-,13-/m0/s1. The first-order valence-corrected chi connectivity index (χ1v) is 9.43. The number of carbonyl (C=O) groups excluding carboxylic acids is 1. The first-order valence-electron chi connectivity index (χ1n) is 7.78. The Morgan fingerprint density at radius 1 is 1.33 bits per heavy atom. The summed E-state index contributed by atoms with van der Waals surface area (Å²) in [6.07, 6.45) is 1.69. The Kier molecular flexibility index (Phi) is 4.69. The highest BCUT2D eigenvalue weighted by Gasteiger charge is 2.44. The van der Waals surface area contributed by atoms with Crippen LogP contribution in [0.4, 0.5) is 0 Å². The first kappa shape index (κ1) is 16.7. The van der Waals surface area contributed by atoms with Crippen LogP contribution in [0.3, 0.4) is 0 Å². The van der Waals surface area contributed by atoms with Crippen molar-refractivity contribution < 1.29 is 17.9 Å². The summed E-state index contributed by atoms with van der Waals surface area (Å²) >= 11 is 0. The van der Waals surface area contributed by atoms with Crippen LogP contribution in [-0.2, 0) is 19.4 Å². The highest BCUT2D eigenvalue weighted by Crippen LogP contribution is 2.31. The van der Waals surface area contributed by atoms with Gasteiger partial charge in [-0.15, -0.1) is 0 Å². The molecule has 0 bridgehead atoms. The SMILES string of the molecule is CC(C)[C@@H]1OCCC[C@@H]1C(=O)N1CCS(=O)(=O)C(C)(C)C1. The van der Waals surface area contributed by atoms with Gasteiger partial charge in [0.2, 0.25) is 5.91 Å². The van der Waals surface area contributed by atoms with Crippen molar-refractivity contribution in [2.24, 2.45) is 11.8 Å². The summed E-state index contributed by atoms with van der Waals surface area (Å²) in [4.78, 5) is 14.5. The molecule has 2 fully saturated rings. The van der Waals surface area contributed by atoms with Crippen molar-refractivity contribution in [2.45, 2.75) is 51.4 Å². The van der Waals surface area contributed by atoms with Gasteiger partial charge in [-0.3, -0.25) is 4.79 Å². The lowest BCUT2D eigenvalue weighted by Crippen LogP contribution is -2.57. The summed E-state index contributed by atoms with van der Waals surface area (Å²) in [5, 5.41) is 0. The molecule has 5 nitrogen and oxygen atoms in total. The maximum Gasteiger partial charge on any atom is 0.228 e. The Morgan fingerprint density at radius 3 is 2.57 bits per heavy atom. The van der Waals surface area contributed by atoms with E-state index in [0.29, 0.717) is 19.1 Å². The molecule has 6 heteroatoms. The monoisotopic (exact) mass is 317 g/mol. The predicted molar refractivity (Wildman–Crippen MR) is 81.7 cm³/mol. The number of nitrogens with zero attached hydrogens (tertiary/aromatic N) is 1. The van der Waals surface area contributed by atoms with Gasteiger partial charge in [-0.05, 0) is 32.6 Å². The van der Waals surface area contributed by atoms with Crippen LogP contribution in [0.15, 0.2) is 0 Å². The normalized spacial score (nSPS) is 32.1. The van der Waals surface area contributed by atoms with Crippen molar-refractivity contribution in [3.63, 3.8) is 0 Å². The molecule has 2 heterocycles. The van der Waals surface area contributed by atoms with E-state index in [4.69, 9.17) is 4.74 Å². The van der Waals surface area contributed by atoms with Gasteiger partial charge in [0.15, 0.2) is 9.84 Å². The molecule has 0 aromatic heterocycles. The number of amides is 1. The smallest absolute Gasteiger partial charge is 0.228 e. The maximum atomic E-state index is 12.8. The number of carbonyl (C=O) groups is 1. The van der Waals surface area contributed by atoms with Crippen molar-refractivity contribution in [2.75, 3.05) is 25.4 Å². The van der Waals surface area contributed by atoms with Gasteiger partial charge in [-0.25, -0.2) is 8.42 Å². The Hall–Kier alpha value is -0.620. The minimum absolute atomic E-state index is 0.0482. The fraction of sp³-hybridized carbons (Fsp3) is 0.933. The fourth-order valence-electron chi connectivity index (χ4n) is 3.29. The average molecular weight is 317 g/mol. The third-order valence-electron chi connectivity index (χ3n) is 4.70. The van der Waals surface area contributed by atoms with E-state index in [9.17, 15) is 13.2 Å². The Bertz CT molecular complexity index is 498. The van der Waals surface area contributed by atoms with Crippen molar-refractivity contribution in [3.8, 4) is 0 Å². The largest absolute Gasteiger partial charge is 0.377 e. The van der Waals surface area contributed by atoms with Crippen LogP contribution in [0.1, 0.15) is 40.5 Å². The zero-order valence-corrected chi connectivity index (χ0v) is 14.3. The minimum Gasteiger partial charge on any atom is -0.377 e. The van der Waals surface area contributed by atoms with Gasteiger partial charge >= 0.3 is 0 Å². The fourth-order valence-corrected chi connectivity index (χ4v) is 4.66. The van der Waals surface area contributed by atoms with E-state index in [0.717, 1.165) is 12.8 Å². The molecule has 122 valence electrons. The third-order valence-corrected chi connectivity index (χ3v) is 7.23. The molecular formula is C15H27NO4S. The van der Waals surface area contributed by atoms with E-state index in [1.54, 1.807) is 18.7 Å². The van der Waals surface area contributed by atoms with E-state index in [-0.39, 0.29) is 30.2 Å². The van der Waals surface area contributed by atoms with Crippen molar-refractivity contribution in [1.82, 2.24) is 4.90 Å². The lowest BCUT2D eigenvalue weighted by molar-refractivity contribution is -0.148. The highest BCUT2D eigenvalue weighted by molar-refractivity contribution is 7.92. The van der Waals surface area contributed by atoms with E-state index >= 15 is 0 Å². The quantitative estimate of drug-likeness (QED) is 0.774. The van der Waals surface area contributed by atoms with Gasteiger partial charge in [0.25, 0.3) is 0 Å². The van der Waals surface area contributed by atoms with Crippen LogP contribution in [0.2, 0.25) is 0 Å². The average Bonchev–Trinajstić information content (AvgIpc) is 2.41. The molecular weight excluding hydrogens is 290 g/mol. The molecule has 21 heavy (non-hydrogen) atoms. The Labute approximate surface area is 127 Å². The second kappa shape index (κ2) is 5.88. The molecule has 1 amide bonds. The maximum absolute atomic E-state index is 12.8.